The first-order chi connectivity index (χ1) is 8.66. The third-order valence-electron chi connectivity index (χ3n) is 4.16. The summed E-state index contributed by atoms with van der Waals surface area (Å²) in [6.45, 7) is 1.02. The molecule has 2 nitrogen and oxygen atoms in total. The van der Waals surface area contributed by atoms with Crippen LogP contribution in [0.2, 0.25) is 0 Å². The Morgan fingerprint density at radius 2 is 1.89 bits per heavy atom. The Morgan fingerprint density at radius 1 is 1.17 bits per heavy atom. The fourth-order valence-corrected chi connectivity index (χ4v) is 3.17. The van der Waals surface area contributed by atoms with Gasteiger partial charge in [-0.25, -0.2) is 0 Å². The monoisotopic (exact) mass is 246 g/mol. The zero-order valence-electron chi connectivity index (χ0n) is 12.0. The van der Waals surface area contributed by atoms with E-state index in [2.05, 4.69) is 55.6 Å². The van der Waals surface area contributed by atoms with Crippen LogP contribution < -0.4 is 5.32 Å². The Labute approximate surface area is 111 Å². The molecule has 0 spiro atoms. The third kappa shape index (κ3) is 2.93. The summed E-state index contributed by atoms with van der Waals surface area (Å²) in [7, 11) is 6.37. The van der Waals surface area contributed by atoms with E-state index in [-0.39, 0.29) is 5.54 Å². The fourth-order valence-electron chi connectivity index (χ4n) is 3.17. The normalized spacial score (nSPS) is 19.1. The average Bonchev–Trinajstić information content (AvgIpc) is 2.39. The lowest BCUT2D eigenvalue weighted by Crippen LogP contribution is -2.41. The highest BCUT2D eigenvalue weighted by molar-refractivity contribution is 5.30. The number of hydrogen-bond donors (Lipinski definition) is 1. The molecule has 1 aliphatic rings. The number of nitrogens with zero attached hydrogens (tertiary/aromatic N) is 1. The maximum absolute atomic E-state index is 3.60. The molecule has 0 radical (unpaired) electrons. The van der Waals surface area contributed by atoms with Gasteiger partial charge in [0, 0.05) is 12.1 Å². The SMILES string of the molecule is CNC1(c2cccc(CN(C)C)c2)CCCCC1. The standard InChI is InChI=1S/C16H26N2/c1-17-16(10-5-4-6-11-16)15-9-7-8-14(12-15)13-18(2)3/h7-9,12,17H,4-6,10-11,13H2,1-3H3. The molecule has 0 saturated heterocycles. The van der Waals surface area contributed by atoms with Gasteiger partial charge in [0.25, 0.3) is 0 Å². The van der Waals surface area contributed by atoms with Crippen LogP contribution in [0.25, 0.3) is 0 Å². The summed E-state index contributed by atoms with van der Waals surface area (Å²) in [4.78, 5) is 2.23. The molecule has 1 aliphatic carbocycles. The second-order valence-corrected chi connectivity index (χ2v) is 5.83. The van der Waals surface area contributed by atoms with E-state index in [1.54, 1.807) is 0 Å². The lowest BCUT2D eigenvalue weighted by atomic mass is 9.76. The van der Waals surface area contributed by atoms with Gasteiger partial charge in [0.15, 0.2) is 0 Å². The second-order valence-electron chi connectivity index (χ2n) is 5.83. The van der Waals surface area contributed by atoms with E-state index in [0.717, 1.165) is 6.54 Å². The summed E-state index contributed by atoms with van der Waals surface area (Å²) in [5.74, 6) is 0. The summed E-state index contributed by atoms with van der Waals surface area (Å²) in [6, 6.07) is 9.13. The minimum atomic E-state index is 0.223. The van der Waals surface area contributed by atoms with Crippen molar-refractivity contribution in [2.75, 3.05) is 21.1 Å². The maximum atomic E-state index is 3.60. The van der Waals surface area contributed by atoms with E-state index < -0.39 is 0 Å². The van der Waals surface area contributed by atoms with Crippen LogP contribution in [0.3, 0.4) is 0 Å². The van der Waals surface area contributed by atoms with E-state index in [9.17, 15) is 0 Å². The van der Waals surface area contributed by atoms with Gasteiger partial charge in [0.1, 0.15) is 0 Å². The van der Waals surface area contributed by atoms with Crippen molar-refractivity contribution in [1.82, 2.24) is 10.2 Å². The average molecular weight is 246 g/mol. The summed E-state index contributed by atoms with van der Waals surface area (Å²) in [5, 5.41) is 3.60. The fraction of sp³-hybridized carbons (Fsp3) is 0.625. The number of benzene rings is 1. The van der Waals surface area contributed by atoms with E-state index in [4.69, 9.17) is 0 Å². The van der Waals surface area contributed by atoms with E-state index in [1.807, 2.05) is 0 Å². The van der Waals surface area contributed by atoms with Crippen LogP contribution in [0.5, 0.6) is 0 Å². The van der Waals surface area contributed by atoms with Crippen molar-refractivity contribution in [2.45, 2.75) is 44.2 Å². The summed E-state index contributed by atoms with van der Waals surface area (Å²) < 4.78 is 0. The van der Waals surface area contributed by atoms with Gasteiger partial charge in [0.05, 0.1) is 0 Å². The van der Waals surface area contributed by atoms with Crippen LogP contribution in [0.4, 0.5) is 0 Å². The zero-order valence-corrected chi connectivity index (χ0v) is 12.0. The van der Waals surface area contributed by atoms with Crippen LogP contribution in [0.15, 0.2) is 24.3 Å². The molecule has 0 aromatic heterocycles. The van der Waals surface area contributed by atoms with Crippen LogP contribution >= 0.6 is 0 Å². The zero-order chi connectivity index (χ0) is 13.0. The van der Waals surface area contributed by atoms with Crippen LogP contribution in [-0.2, 0) is 12.1 Å². The number of rotatable bonds is 4. The van der Waals surface area contributed by atoms with Gasteiger partial charge in [-0.15, -0.1) is 0 Å². The highest BCUT2D eigenvalue weighted by Crippen LogP contribution is 2.37. The molecule has 1 N–H and O–H groups in total. The lowest BCUT2D eigenvalue weighted by Gasteiger charge is -2.38. The molecule has 100 valence electrons. The molecule has 0 unspecified atom stereocenters. The number of hydrogen-bond acceptors (Lipinski definition) is 2. The van der Waals surface area contributed by atoms with Crippen molar-refractivity contribution < 1.29 is 0 Å². The highest BCUT2D eigenvalue weighted by atomic mass is 15.0. The maximum Gasteiger partial charge on any atom is 0.0432 e. The molecule has 2 heteroatoms. The minimum absolute atomic E-state index is 0.223. The van der Waals surface area contributed by atoms with Gasteiger partial charge in [0.2, 0.25) is 0 Å². The van der Waals surface area contributed by atoms with Gasteiger partial charge < -0.3 is 10.2 Å². The smallest absolute Gasteiger partial charge is 0.0432 e. The Morgan fingerprint density at radius 3 is 2.50 bits per heavy atom. The van der Waals surface area contributed by atoms with Crippen molar-refractivity contribution in [3.8, 4) is 0 Å². The summed E-state index contributed by atoms with van der Waals surface area (Å²) in [6.07, 6.45) is 6.63. The topological polar surface area (TPSA) is 15.3 Å². The van der Waals surface area contributed by atoms with Gasteiger partial charge in [-0.2, -0.15) is 0 Å². The predicted molar refractivity (Wildman–Crippen MR) is 77.7 cm³/mol. The van der Waals surface area contributed by atoms with E-state index >= 15 is 0 Å². The first-order valence-electron chi connectivity index (χ1n) is 7.09. The van der Waals surface area contributed by atoms with Gasteiger partial charge >= 0.3 is 0 Å². The summed E-state index contributed by atoms with van der Waals surface area (Å²) >= 11 is 0. The van der Waals surface area contributed by atoms with Crippen LogP contribution in [0, 0.1) is 0 Å². The molecular formula is C16H26N2. The molecule has 1 aromatic rings. The number of nitrogens with one attached hydrogen (secondary N) is 1. The van der Waals surface area contributed by atoms with Gasteiger partial charge in [-0.1, -0.05) is 43.5 Å². The molecule has 0 amide bonds. The molecule has 1 fully saturated rings. The van der Waals surface area contributed by atoms with Gasteiger partial charge in [-0.05, 0) is 45.1 Å². The second kappa shape index (κ2) is 5.85. The molecular weight excluding hydrogens is 220 g/mol. The molecule has 0 bridgehead atoms. The first-order valence-corrected chi connectivity index (χ1v) is 7.09. The van der Waals surface area contributed by atoms with Gasteiger partial charge in [-0.3, -0.25) is 0 Å². The third-order valence-corrected chi connectivity index (χ3v) is 4.16. The van der Waals surface area contributed by atoms with E-state index in [1.165, 1.54) is 43.2 Å². The van der Waals surface area contributed by atoms with Crippen molar-refractivity contribution in [3.63, 3.8) is 0 Å². The molecule has 0 aliphatic heterocycles. The molecule has 0 atom stereocenters. The Kier molecular flexibility index (Phi) is 4.41. The Balaban J connectivity index is 2.25. The molecule has 1 aromatic carbocycles. The first kappa shape index (κ1) is 13.6. The van der Waals surface area contributed by atoms with E-state index in [0.29, 0.717) is 0 Å². The predicted octanol–water partition coefficient (Wildman–Crippen LogP) is 3.13. The summed E-state index contributed by atoms with van der Waals surface area (Å²) in [5.41, 5.74) is 3.11. The molecule has 1 saturated carbocycles. The van der Waals surface area contributed by atoms with Crippen molar-refractivity contribution in [3.05, 3.63) is 35.4 Å². The van der Waals surface area contributed by atoms with Crippen molar-refractivity contribution >= 4 is 0 Å². The van der Waals surface area contributed by atoms with Crippen LogP contribution in [-0.4, -0.2) is 26.0 Å². The minimum Gasteiger partial charge on any atom is -0.310 e. The lowest BCUT2D eigenvalue weighted by molar-refractivity contribution is 0.250. The highest BCUT2D eigenvalue weighted by Gasteiger charge is 2.31. The Hall–Kier alpha value is -0.860. The molecule has 0 heterocycles. The molecule has 18 heavy (non-hydrogen) atoms. The van der Waals surface area contributed by atoms with Crippen LogP contribution in [0.1, 0.15) is 43.2 Å². The Bertz CT molecular complexity index is 378. The van der Waals surface area contributed by atoms with Crippen molar-refractivity contribution in [2.24, 2.45) is 0 Å². The largest absolute Gasteiger partial charge is 0.310 e. The molecule has 2 rings (SSSR count). The quantitative estimate of drug-likeness (QED) is 0.878. The van der Waals surface area contributed by atoms with Crippen molar-refractivity contribution in [1.29, 1.82) is 0 Å².